The van der Waals surface area contributed by atoms with Crippen LogP contribution in [0.4, 0.5) is 11.6 Å². The number of benzene rings is 2. The maximum Gasteiger partial charge on any atom is 0.220 e. The summed E-state index contributed by atoms with van der Waals surface area (Å²) in [6.45, 7) is 3.62. The first kappa shape index (κ1) is 17.2. The Bertz CT molecular complexity index is 982. The van der Waals surface area contributed by atoms with Crippen LogP contribution < -0.4 is 10.6 Å². The van der Waals surface area contributed by atoms with Crippen LogP contribution >= 0.6 is 0 Å². The van der Waals surface area contributed by atoms with Crippen LogP contribution in [-0.2, 0) is 19.4 Å². The van der Waals surface area contributed by atoms with Gasteiger partial charge in [-0.2, -0.15) is 0 Å². The standard InChI is InChI=1S/C22H22N4O/c1-15-5-7-16(8-6-15)11-21(27)17-3-2-4-19(12-17)26-10-9-20-18(14-26)13-24-22(23)25-20/h2-8,12-13H,9-11,14H2,1H3,(H2,23,24,25). The minimum absolute atomic E-state index is 0.134. The van der Waals surface area contributed by atoms with Gasteiger partial charge in [-0.3, -0.25) is 4.79 Å². The fourth-order valence-electron chi connectivity index (χ4n) is 3.42. The van der Waals surface area contributed by atoms with Gasteiger partial charge in [-0.05, 0) is 24.6 Å². The quantitative estimate of drug-likeness (QED) is 0.724. The number of carbonyl (C=O) groups excluding carboxylic acids is 1. The number of nitrogens with two attached hydrogens (primary N) is 1. The number of rotatable bonds is 4. The molecular weight excluding hydrogens is 336 g/mol. The average Bonchev–Trinajstić information content (AvgIpc) is 2.69. The molecule has 0 unspecified atom stereocenters. The zero-order valence-corrected chi connectivity index (χ0v) is 15.4. The van der Waals surface area contributed by atoms with E-state index in [1.165, 1.54) is 5.56 Å². The van der Waals surface area contributed by atoms with Crippen LogP contribution in [0.1, 0.15) is 32.7 Å². The summed E-state index contributed by atoms with van der Waals surface area (Å²) in [5.41, 5.74) is 11.8. The molecule has 0 radical (unpaired) electrons. The molecule has 2 heterocycles. The summed E-state index contributed by atoms with van der Waals surface area (Å²) >= 11 is 0. The van der Waals surface area contributed by atoms with E-state index >= 15 is 0 Å². The molecule has 0 saturated carbocycles. The van der Waals surface area contributed by atoms with Crippen LogP contribution in [0.5, 0.6) is 0 Å². The molecule has 136 valence electrons. The molecule has 3 aromatic rings. The second-order valence-electron chi connectivity index (χ2n) is 7.01. The van der Waals surface area contributed by atoms with Gasteiger partial charge in [0.1, 0.15) is 0 Å². The summed E-state index contributed by atoms with van der Waals surface area (Å²) in [6, 6.07) is 16.0. The van der Waals surface area contributed by atoms with Gasteiger partial charge in [-0.15, -0.1) is 0 Å². The summed E-state index contributed by atoms with van der Waals surface area (Å²) in [6.07, 6.45) is 3.04. The number of hydrogen-bond acceptors (Lipinski definition) is 5. The van der Waals surface area contributed by atoms with Gasteiger partial charge in [-0.1, -0.05) is 42.0 Å². The van der Waals surface area contributed by atoms with E-state index in [-0.39, 0.29) is 5.78 Å². The van der Waals surface area contributed by atoms with Gasteiger partial charge < -0.3 is 10.6 Å². The predicted molar refractivity (Wildman–Crippen MR) is 107 cm³/mol. The molecule has 0 spiro atoms. The fraction of sp³-hybridized carbons (Fsp3) is 0.227. The van der Waals surface area contributed by atoms with Crippen molar-refractivity contribution in [2.45, 2.75) is 26.3 Å². The molecule has 1 aliphatic heterocycles. The molecule has 2 aromatic carbocycles. The molecule has 0 fully saturated rings. The lowest BCUT2D eigenvalue weighted by Gasteiger charge is -2.30. The van der Waals surface area contributed by atoms with E-state index in [1.807, 2.05) is 55.5 Å². The van der Waals surface area contributed by atoms with Gasteiger partial charge in [0.15, 0.2) is 5.78 Å². The van der Waals surface area contributed by atoms with Crippen LogP contribution in [0, 0.1) is 6.92 Å². The SMILES string of the molecule is Cc1ccc(CC(=O)c2cccc(N3CCc4nc(N)ncc4C3)c2)cc1. The summed E-state index contributed by atoms with van der Waals surface area (Å²) in [5.74, 6) is 0.458. The number of anilines is 2. The first-order valence-corrected chi connectivity index (χ1v) is 9.12. The van der Waals surface area contributed by atoms with Crippen molar-refractivity contribution in [3.05, 3.63) is 82.7 Å². The number of nitrogens with zero attached hydrogens (tertiary/aromatic N) is 3. The third kappa shape index (κ3) is 3.82. The molecular formula is C22H22N4O. The molecule has 4 rings (SSSR count). The zero-order valence-electron chi connectivity index (χ0n) is 15.4. The number of aromatic nitrogens is 2. The topological polar surface area (TPSA) is 72.1 Å². The third-order valence-corrected chi connectivity index (χ3v) is 4.97. The van der Waals surface area contributed by atoms with Gasteiger partial charge in [0.25, 0.3) is 0 Å². The van der Waals surface area contributed by atoms with Gasteiger partial charge >= 0.3 is 0 Å². The van der Waals surface area contributed by atoms with Crippen molar-refractivity contribution in [1.82, 2.24) is 9.97 Å². The third-order valence-electron chi connectivity index (χ3n) is 4.97. The highest BCUT2D eigenvalue weighted by Gasteiger charge is 2.19. The first-order valence-electron chi connectivity index (χ1n) is 9.12. The normalized spacial score (nSPS) is 13.3. The number of aryl methyl sites for hydroxylation is 1. The first-order chi connectivity index (χ1) is 13.1. The van der Waals surface area contributed by atoms with Crippen molar-refractivity contribution < 1.29 is 4.79 Å². The Morgan fingerprint density at radius 2 is 2.00 bits per heavy atom. The average molecular weight is 358 g/mol. The Hall–Kier alpha value is -3.21. The molecule has 5 nitrogen and oxygen atoms in total. The van der Waals surface area contributed by atoms with Gasteiger partial charge in [0.2, 0.25) is 5.95 Å². The molecule has 1 aromatic heterocycles. The van der Waals surface area contributed by atoms with Crippen molar-refractivity contribution >= 4 is 17.4 Å². The number of fused-ring (bicyclic) bond motifs is 1. The largest absolute Gasteiger partial charge is 0.368 e. The van der Waals surface area contributed by atoms with E-state index in [1.54, 1.807) is 6.20 Å². The van der Waals surface area contributed by atoms with Crippen molar-refractivity contribution in [3.63, 3.8) is 0 Å². The second kappa shape index (κ2) is 7.19. The maximum atomic E-state index is 12.7. The Morgan fingerprint density at radius 1 is 1.19 bits per heavy atom. The summed E-state index contributed by atoms with van der Waals surface area (Å²) in [7, 11) is 0. The van der Waals surface area contributed by atoms with E-state index in [9.17, 15) is 4.79 Å². The Labute approximate surface area is 158 Å². The smallest absolute Gasteiger partial charge is 0.220 e. The molecule has 5 heteroatoms. The highest BCUT2D eigenvalue weighted by Crippen LogP contribution is 2.24. The van der Waals surface area contributed by atoms with E-state index in [4.69, 9.17) is 5.73 Å². The van der Waals surface area contributed by atoms with E-state index in [0.717, 1.165) is 47.6 Å². The minimum Gasteiger partial charge on any atom is -0.368 e. The monoisotopic (exact) mass is 358 g/mol. The number of Topliss-reactive ketones (excluding diaryl/α,β-unsaturated/α-hetero) is 1. The molecule has 27 heavy (non-hydrogen) atoms. The zero-order chi connectivity index (χ0) is 18.8. The fourth-order valence-corrected chi connectivity index (χ4v) is 3.42. The summed E-state index contributed by atoms with van der Waals surface area (Å²) in [5, 5.41) is 0. The summed E-state index contributed by atoms with van der Waals surface area (Å²) in [4.78, 5) is 23.4. The number of carbonyl (C=O) groups is 1. The van der Waals surface area contributed by atoms with E-state index in [0.29, 0.717) is 12.4 Å². The number of nitrogen functional groups attached to an aromatic ring is 1. The summed E-state index contributed by atoms with van der Waals surface area (Å²) < 4.78 is 0. The van der Waals surface area contributed by atoms with Crippen LogP contribution in [0.25, 0.3) is 0 Å². The van der Waals surface area contributed by atoms with Crippen LogP contribution in [-0.4, -0.2) is 22.3 Å². The molecule has 0 atom stereocenters. The van der Waals surface area contributed by atoms with E-state index in [2.05, 4.69) is 14.9 Å². The second-order valence-corrected chi connectivity index (χ2v) is 7.01. The van der Waals surface area contributed by atoms with Crippen molar-refractivity contribution in [2.75, 3.05) is 17.2 Å². The number of ketones is 1. The van der Waals surface area contributed by atoms with Crippen molar-refractivity contribution in [1.29, 1.82) is 0 Å². The van der Waals surface area contributed by atoms with Gasteiger partial charge in [-0.25, -0.2) is 9.97 Å². The molecule has 0 saturated heterocycles. The minimum atomic E-state index is 0.134. The molecule has 0 aliphatic carbocycles. The Morgan fingerprint density at radius 3 is 2.81 bits per heavy atom. The molecule has 1 aliphatic rings. The van der Waals surface area contributed by atoms with Crippen LogP contribution in [0.2, 0.25) is 0 Å². The molecule has 0 bridgehead atoms. The lowest BCUT2D eigenvalue weighted by Crippen LogP contribution is -2.31. The van der Waals surface area contributed by atoms with Gasteiger partial charge in [0, 0.05) is 48.9 Å². The predicted octanol–water partition coefficient (Wildman–Crippen LogP) is 3.36. The lowest BCUT2D eigenvalue weighted by molar-refractivity contribution is 0.0993. The number of hydrogen-bond donors (Lipinski definition) is 1. The lowest BCUT2D eigenvalue weighted by atomic mass is 10.0. The van der Waals surface area contributed by atoms with Crippen molar-refractivity contribution in [3.8, 4) is 0 Å². The maximum absolute atomic E-state index is 12.7. The Kier molecular flexibility index (Phi) is 4.59. The Balaban J connectivity index is 1.51. The van der Waals surface area contributed by atoms with Crippen molar-refractivity contribution in [2.24, 2.45) is 0 Å². The van der Waals surface area contributed by atoms with E-state index < -0.39 is 0 Å². The van der Waals surface area contributed by atoms with Crippen LogP contribution in [0.3, 0.4) is 0 Å². The van der Waals surface area contributed by atoms with Gasteiger partial charge in [0.05, 0.1) is 5.69 Å². The highest BCUT2D eigenvalue weighted by atomic mass is 16.1. The van der Waals surface area contributed by atoms with Crippen LogP contribution in [0.15, 0.2) is 54.7 Å². The molecule has 0 amide bonds. The molecule has 2 N–H and O–H groups in total. The highest BCUT2D eigenvalue weighted by molar-refractivity contribution is 5.98.